The van der Waals surface area contributed by atoms with Gasteiger partial charge in [-0.3, -0.25) is 0 Å². The molecule has 0 aromatic heterocycles. The van der Waals surface area contributed by atoms with Gasteiger partial charge in [0.05, 0.1) is 11.5 Å². The van der Waals surface area contributed by atoms with E-state index in [1.165, 1.54) is 0 Å². The van der Waals surface area contributed by atoms with Crippen LogP contribution in [0.15, 0.2) is 48.5 Å². The summed E-state index contributed by atoms with van der Waals surface area (Å²) in [6, 6.07) is 13.4. The summed E-state index contributed by atoms with van der Waals surface area (Å²) in [6.07, 6.45) is 0. The highest BCUT2D eigenvalue weighted by Gasteiger charge is 2.18. The Bertz CT molecular complexity index is 661. The normalized spacial score (nSPS) is 11.1. The van der Waals surface area contributed by atoms with Gasteiger partial charge in [0.1, 0.15) is 0 Å². The Labute approximate surface area is 123 Å². The van der Waals surface area contributed by atoms with Gasteiger partial charge in [-0.2, -0.15) is 11.8 Å². The predicted octanol–water partition coefficient (Wildman–Crippen LogP) is 1.31. The van der Waals surface area contributed by atoms with Crippen LogP contribution in [0.4, 0.5) is 0 Å². The van der Waals surface area contributed by atoms with E-state index < -0.39 is 9.84 Å². The van der Waals surface area contributed by atoms with Crippen LogP contribution in [-0.4, -0.2) is 8.42 Å². The minimum absolute atomic E-state index is 0.181. The third kappa shape index (κ3) is 3.94. The van der Waals surface area contributed by atoms with Gasteiger partial charge >= 0.3 is 0 Å². The SMILES string of the molecule is NOc1ccccc1CS(=O)(=O)Cc1ccccc1ON. The molecule has 0 saturated heterocycles. The second kappa shape index (κ2) is 6.57. The summed E-state index contributed by atoms with van der Waals surface area (Å²) >= 11 is 0. The lowest BCUT2D eigenvalue weighted by atomic mass is 10.2. The summed E-state index contributed by atoms with van der Waals surface area (Å²) in [5.74, 6) is 10.6. The first-order valence-corrected chi connectivity index (χ1v) is 7.97. The van der Waals surface area contributed by atoms with Gasteiger partial charge < -0.3 is 9.68 Å². The predicted molar refractivity (Wildman–Crippen MR) is 78.8 cm³/mol. The average Bonchev–Trinajstić information content (AvgIpc) is 2.47. The minimum atomic E-state index is -3.42. The molecule has 7 heteroatoms. The molecule has 0 fully saturated rings. The van der Waals surface area contributed by atoms with Crippen LogP contribution >= 0.6 is 0 Å². The number of hydrogen-bond donors (Lipinski definition) is 2. The maximum absolute atomic E-state index is 12.3. The molecule has 0 unspecified atom stereocenters. The molecular weight excluding hydrogens is 292 g/mol. The minimum Gasteiger partial charge on any atom is -0.411 e. The Morgan fingerprint density at radius 1 is 0.762 bits per heavy atom. The molecule has 2 aromatic rings. The Hall–Kier alpha value is -2.09. The zero-order chi connectivity index (χ0) is 15.3. The first kappa shape index (κ1) is 15.3. The lowest BCUT2D eigenvalue weighted by Crippen LogP contribution is -2.12. The number of sulfone groups is 1. The first-order valence-electron chi connectivity index (χ1n) is 6.15. The lowest BCUT2D eigenvalue weighted by molar-refractivity contribution is 0.331. The van der Waals surface area contributed by atoms with Crippen molar-refractivity contribution >= 4 is 9.84 Å². The molecule has 112 valence electrons. The fraction of sp³-hybridized carbons (Fsp3) is 0.143. The van der Waals surface area contributed by atoms with Crippen molar-refractivity contribution in [1.29, 1.82) is 0 Å². The van der Waals surface area contributed by atoms with Gasteiger partial charge in [-0.15, -0.1) is 0 Å². The highest BCUT2D eigenvalue weighted by Crippen LogP contribution is 2.24. The second-order valence-corrected chi connectivity index (χ2v) is 6.55. The van der Waals surface area contributed by atoms with E-state index in [0.717, 1.165) is 0 Å². The molecule has 6 nitrogen and oxygen atoms in total. The maximum atomic E-state index is 12.3. The van der Waals surface area contributed by atoms with Crippen molar-refractivity contribution in [2.45, 2.75) is 11.5 Å². The summed E-state index contributed by atoms with van der Waals surface area (Å²) in [6.45, 7) is 0. The van der Waals surface area contributed by atoms with Gasteiger partial charge in [-0.1, -0.05) is 36.4 Å². The van der Waals surface area contributed by atoms with Gasteiger partial charge in [0.25, 0.3) is 0 Å². The van der Waals surface area contributed by atoms with Crippen molar-refractivity contribution in [1.82, 2.24) is 0 Å². The van der Waals surface area contributed by atoms with E-state index in [4.69, 9.17) is 11.8 Å². The largest absolute Gasteiger partial charge is 0.411 e. The molecule has 21 heavy (non-hydrogen) atoms. The molecule has 0 aliphatic carbocycles. The highest BCUT2D eigenvalue weighted by atomic mass is 32.2. The van der Waals surface area contributed by atoms with E-state index in [0.29, 0.717) is 22.6 Å². The van der Waals surface area contributed by atoms with E-state index in [1.54, 1.807) is 48.5 Å². The van der Waals surface area contributed by atoms with E-state index in [2.05, 4.69) is 9.68 Å². The van der Waals surface area contributed by atoms with Gasteiger partial charge in [-0.05, 0) is 12.1 Å². The van der Waals surface area contributed by atoms with Crippen LogP contribution in [0.3, 0.4) is 0 Å². The number of hydrogen-bond acceptors (Lipinski definition) is 6. The van der Waals surface area contributed by atoms with Crippen LogP contribution < -0.4 is 21.5 Å². The van der Waals surface area contributed by atoms with Crippen molar-refractivity contribution in [3.8, 4) is 11.5 Å². The molecule has 2 aromatic carbocycles. The van der Waals surface area contributed by atoms with Crippen LogP contribution in [0.1, 0.15) is 11.1 Å². The van der Waals surface area contributed by atoms with Crippen LogP contribution in [0.5, 0.6) is 11.5 Å². The summed E-state index contributed by atoms with van der Waals surface area (Å²) in [4.78, 5) is 9.35. The number of rotatable bonds is 6. The van der Waals surface area contributed by atoms with Crippen molar-refractivity contribution in [2.24, 2.45) is 11.8 Å². The standard InChI is InChI=1S/C14H16N2O4S/c15-19-13-7-3-1-5-11(13)9-21(17,18)10-12-6-2-4-8-14(12)20-16/h1-8H,9-10,15-16H2. The Balaban J connectivity index is 2.23. The third-order valence-electron chi connectivity index (χ3n) is 2.95. The van der Waals surface area contributed by atoms with Gasteiger partial charge in [0.15, 0.2) is 21.3 Å². The van der Waals surface area contributed by atoms with Crippen molar-refractivity contribution < 1.29 is 18.1 Å². The molecule has 0 saturated carbocycles. The van der Waals surface area contributed by atoms with Gasteiger partial charge in [0.2, 0.25) is 0 Å². The van der Waals surface area contributed by atoms with Crippen molar-refractivity contribution in [2.75, 3.05) is 0 Å². The number of nitrogens with two attached hydrogens (primary N) is 2. The second-order valence-electron chi connectivity index (χ2n) is 4.48. The smallest absolute Gasteiger partial charge is 0.158 e. The first-order chi connectivity index (χ1) is 10.1. The van der Waals surface area contributed by atoms with Crippen LogP contribution in [-0.2, 0) is 21.3 Å². The molecule has 0 bridgehead atoms. The van der Waals surface area contributed by atoms with E-state index in [9.17, 15) is 8.42 Å². The summed E-state index contributed by atoms with van der Waals surface area (Å²) < 4.78 is 24.6. The van der Waals surface area contributed by atoms with Crippen LogP contribution in [0.2, 0.25) is 0 Å². The topological polar surface area (TPSA) is 105 Å². The summed E-state index contributed by atoms with van der Waals surface area (Å²) in [5, 5.41) is 0. The fourth-order valence-corrected chi connectivity index (χ4v) is 3.53. The molecule has 0 spiro atoms. The number of benzene rings is 2. The lowest BCUT2D eigenvalue weighted by Gasteiger charge is -2.10. The Morgan fingerprint density at radius 2 is 1.14 bits per heavy atom. The molecule has 2 rings (SSSR count). The van der Waals surface area contributed by atoms with Crippen molar-refractivity contribution in [3.63, 3.8) is 0 Å². The molecule has 0 aliphatic heterocycles. The monoisotopic (exact) mass is 308 g/mol. The maximum Gasteiger partial charge on any atom is 0.158 e. The molecule has 0 atom stereocenters. The molecule has 0 aliphatic rings. The van der Waals surface area contributed by atoms with Gasteiger partial charge in [-0.25, -0.2) is 8.42 Å². The third-order valence-corrected chi connectivity index (χ3v) is 4.45. The fourth-order valence-electron chi connectivity index (χ4n) is 2.00. The van der Waals surface area contributed by atoms with Gasteiger partial charge in [0, 0.05) is 11.1 Å². The van der Waals surface area contributed by atoms with Crippen LogP contribution in [0, 0.1) is 0 Å². The quantitative estimate of drug-likeness (QED) is 0.780. The van der Waals surface area contributed by atoms with E-state index in [-0.39, 0.29) is 11.5 Å². The van der Waals surface area contributed by atoms with E-state index >= 15 is 0 Å². The Kier molecular flexibility index (Phi) is 4.79. The summed E-state index contributed by atoms with van der Waals surface area (Å²) in [7, 11) is -3.42. The zero-order valence-electron chi connectivity index (χ0n) is 11.2. The molecular formula is C14H16N2O4S. The van der Waals surface area contributed by atoms with E-state index in [1.807, 2.05) is 0 Å². The van der Waals surface area contributed by atoms with Crippen molar-refractivity contribution in [3.05, 3.63) is 59.7 Å². The average molecular weight is 308 g/mol. The zero-order valence-corrected chi connectivity index (χ0v) is 12.0. The molecule has 0 radical (unpaired) electrons. The number of para-hydroxylation sites is 2. The molecule has 0 heterocycles. The molecule has 4 N–H and O–H groups in total. The molecule has 0 amide bonds. The Morgan fingerprint density at radius 3 is 1.52 bits per heavy atom. The highest BCUT2D eigenvalue weighted by molar-refractivity contribution is 7.89. The van der Waals surface area contributed by atoms with Crippen LogP contribution in [0.25, 0.3) is 0 Å². The summed E-state index contributed by atoms with van der Waals surface area (Å²) in [5.41, 5.74) is 1.01.